The van der Waals surface area contributed by atoms with E-state index in [0.717, 1.165) is 17.9 Å². The number of piperidine rings is 1. The van der Waals surface area contributed by atoms with Crippen molar-refractivity contribution in [1.82, 2.24) is 9.80 Å². The molecule has 1 aliphatic carbocycles. The highest BCUT2D eigenvalue weighted by Crippen LogP contribution is 2.28. The van der Waals surface area contributed by atoms with Crippen molar-refractivity contribution in [3.05, 3.63) is 0 Å². The first-order valence-electron chi connectivity index (χ1n) is 7.54. The number of rotatable bonds is 3. The molecule has 0 aromatic heterocycles. The highest BCUT2D eigenvalue weighted by Gasteiger charge is 2.25. The molecule has 0 amide bonds. The highest BCUT2D eigenvalue weighted by molar-refractivity contribution is 4.80. The summed E-state index contributed by atoms with van der Waals surface area (Å²) in [5, 5.41) is 0. The van der Waals surface area contributed by atoms with Crippen molar-refractivity contribution in [3.8, 4) is 0 Å². The monoisotopic (exact) mass is 238 g/mol. The molecule has 0 spiro atoms. The van der Waals surface area contributed by atoms with E-state index in [0.29, 0.717) is 0 Å². The minimum Gasteiger partial charge on any atom is -0.306 e. The SMILES string of the molecule is CC1CCN(CC2CCC(N(C)C)CC2)CC1. The van der Waals surface area contributed by atoms with E-state index in [1.54, 1.807) is 0 Å². The van der Waals surface area contributed by atoms with E-state index in [1.807, 2.05) is 0 Å². The van der Waals surface area contributed by atoms with Crippen molar-refractivity contribution in [1.29, 1.82) is 0 Å². The lowest BCUT2D eigenvalue weighted by molar-refractivity contribution is 0.127. The van der Waals surface area contributed by atoms with Gasteiger partial charge in [0, 0.05) is 12.6 Å². The fourth-order valence-corrected chi connectivity index (χ4v) is 3.45. The quantitative estimate of drug-likeness (QED) is 0.746. The van der Waals surface area contributed by atoms with E-state index in [2.05, 4.69) is 30.8 Å². The van der Waals surface area contributed by atoms with E-state index in [9.17, 15) is 0 Å². The number of hydrogen-bond donors (Lipinski definition) is 0. The second kappa shape index (κ2) is 6.19. The van der Waals surface area contributed by atoms with Crippen molar-refractivity contribution in [2.24, 2.45) is 11.8 Å². The van der Waals surface area contributed by atoms with Gasteiger partial charge in [-0.25, -0.2) is 0 Å². The molecule has 2 nitrogen and oxygen atoms in total. The average molecular weight is 238 g/mol. The summed E-state index contributed by atoms with van der Waals surface area (Å²) in [5.74, 6) is 1.95. The van der Waals surface area contributed by atoms with Gasteiger partial charge in [0.1, 0.15) is 0 Å². The topological polar surface area (TPSA) is 6.48 Å². The zero-order chi connectivity index (χ0) is 12.3. The second-order valence-corrected chi connectivity index (χ2v) is 6.62. The van der Waals surface area contributed by atoms with Crippen LogP contribution in [0.3, 0.4) is 0 Å². The Balaban J connectivity index is 1.67. The Morgan fingerprint density at radius 1 is 0.941 bits per heavy atom. The van der Waals surface area contributed by atoms with Gasteiger partial charge >= 0.3 is 0 Å². The van der Waals surface area contributed by atoms with Crippen LogP contribution in [0.4, 0.5) is 0 Å². The van der Waals surface area contributed by atoms with Crippen LogP contribution in [-0.2, 0) is 0 Å². The molecule has 1 saturated heterocycles. The van der Waals surface area contributed by atoms with Gasteiger partial charge in [-0.2, -0.15) is 0 Å². The number of hydrogen-bond acceptors (Lipinski definition) is 2. The van der Waals surface area contributed by atoms with E-state index in [-0.39, 0.29) is 0 Å². The van der Waals surface area contributed by atoms with Crippen molar-refractivity contribution in [2.45, 2.75) is 51.5 Å². The van der Waals surface area contributed by atoms with Crippen LogP contribution in [0.5, 0.6) is 0 Å². The summed E-state index contributed by atoms with van der Waals surface area (Å²) in [5.41, 5.74) is 0. The standard InChI is InChI=1S/C15H30N2/c1-13-8-10-17(11-9-13)12-14-4-6-15(7-5-14)16(2)3/h13-15H,4-12H2,1-3H3. The van der Waals surface area contributed by atoms with Crippen molar-refractivity contribution in [2.75, 3.05) is 33.7 Å². The predicted molar refractivity (Wildman–Crippen MR) is 74.3 cm³/mol. The van der Waals surface area contributed by atoms with Gasteiger partial charge in [-0.05, 0) is 77.5 Å². The highest BCUT2D eigenvalue weighted by atomic mass is 15.1. The van der Waals surface area contributed by atoms with Crippen LogP contribution >= 0.6 is 0 Å². The lowest BCUT2D eigenvalue weighted by Gasteiger charge is -2.37. The van der Waals surface area contributed by atoms with Gasteiger partial charge in [0.15, 0.2) is 0 Å². The predicted octanol–water partition coefficient (Wildman–Crippen LogP) is 2.84. The third-order valence-electron chi connectivity index (χ3n) is 4.94. The van der Waals surface area contributed by atoms with Crippen LogP contribution in [0.15, 0.2) is 0 Å². The van der Waals surface area contributed by atoms with Crippen LogP contribution < -0.4 is 0 Å². The Labute approximate surface area is 107 Å². The molecule has 2 fully saturated rings. The lowest BCUT2D eigenvalue weighted by Crippen LogP contribution is -2.39. The molecule has 0 unspecified atom stereocenters. The minimum atomic E-state index is 0.854. The molecule has 0 atom stereocenters. The summed E-state index contributed by atoms with van der Waals surface area (Å²) in [7, 11) is 4.47. The largest absolute Gasteiger partial charge is 0.306 e. The first kappa shape index (κ1) is 13.4. The summed E-state index contributed by atoms with van der Waals surface area (Å²) in [6.45, 7) is 6.50. The molecule has 0 aromatic rings. The van der Waals surface area contributed by atoms with Crippen LogP contribution in [0.25, 0.3) is 0 Å². The first-order chi connectivity index (χ1) is 8.15. The third kappa shape index (κ3) is 3.96. The molecule has 1 heterocycles. The molecule has 1 aliphatic heterocycles. The molecular weight excluding hydrogens is 208 g/mol. The van der Waals surface area contributed by atoms with Gasteiger partial charge < -0.3 is 9.80 Å². The molecule has 2 aliphatic rings. The van der Waals surface area contributed by atoms with E-state index in [1.165, 1.54) is 58.2 Å². The van der Waals surface area contributed by atoms with Crippen molar-refractivity contribution < 1.29 is 0 Å². The summed E-state index contributed by atoms with van der Waals surface area (Å²) < 4.78 is 0. The van der Waals surface area contributed by atoms with Crippen LogP contribution in [0.1, 0.15) is 45.4 Å². The van der Waals surface area contributed by atoms with Gasteiger partial charge in [0.25, 0.3) is 0 Å². The molecule has 0 bridgehead atoms. The summed E-state index contributed by atoms with van der Waals surface area (Å²) >= 11 is 0. The summed E-state index contributed by atoms with van der Waals surface area (Å²) in [6, 6.07) is 0.854. The maximum atomic E-state index is 2.72. The van der Waals surface area contributed by atoms with E-state index >= 15 is 0 Å². The Bertz CT molecular complexity index is 211. The Hall–Kier alpha value is -0.0800. The molecule has 17 heavy (non-hydrogen) atoms. The molecule has 100 valence electrons. The minimum absolute atomic E-state index is 0.854. The molecule has 2 rings (SSSR count). The molecule has 0 aromatic carbocycles. The van der Waals surface area contributed by atoms with Crippen molar-refractivity contribution >= 4 is 0 Å². The van der Waals surface area contributed by atoms with Gasteiger partial charge in [-0.1, -0.05) is 6.92 Å². The fraction of sp³-hybridized carbons (Fsp3) is 1.00. The average Bonchev–Trinajstić information content (AvgIpc) is 2.33. The van der Waals surface area contributed by atoms with Crippen LogP contribution in [0.2, 0.25) is 0 Å². The second-order valence-electron chi connectivity index (χ2n) is 6.62. The molecule has 1 saturated carbocycles. The van der Waals surface area contributed by atoms with Crippen molar-refractivity contribution in [3.63, 3.8) is 0 Å². The Morgan fingerprint density at radius 3 is 2.06 bits per heavy atom. The molecule has 0 radical (unpaired) electrons. The zero-order valence-corrected chi connectivity index (χ0v) is 12.0. The fourth-order valence-electron chi connectivity index (χ4n) is 3.45. The van der Waals surface area contributed by atoms with E-state index < -0.39 is 0 Å². The van der Waals surface area contributed by atoms with Gasteiger partial charge in [0.05, 0.1) is 0 Å². The van der Waals surface area contributed by atoms with Gasteiger partial charge in [-0.3, -0.25) is 0 Å². The van der Waals surface area contributed by atoms with Gasteiger partial charge in [0.2, 0.25) is 0 Å². The smallest absolute Gasteiger partial charge is 0.00893 e. The van der Waals surface area contributed by atoms with Crippen LogP contribution in [-0.4, -0.2) is 49.6 Å². The Kier molecular flexibility index (Phi) is 4.87. The normalized spacial score (nSPS) is 33.2. The van der Waals surface area contributed by atoms with Crippen LogP contribution in [0, 0.1) is 11.8 Å². The van der Waals surface area contributed by atoms with E-state index in [4.69, 9.17) is 0 Å². The zero-order valence-electron chi connectivity index (χ0n) is 12.0. The lowest BCUT2D eigenvalue weighted by atomic mass is 9.84. The number of likely N-dealkylation sites (tertiary alicyclic amines) is 1. The summed E-state index contributed by atoms with van der Waals surface area (Å²) in [4.78, 5) is 5.14. The summed E-state index contributed by atoms with van der Waals surface area (Å²) in [6.07, 6.45) is 8.59. The maximum absolute atomic E-state index is 2.72. The number of nitrogens with zero attached hydrogens (tertiary/aromatic N) is 2. The molecular formula is C15H30N2. The Morgan fingerprint density at radius 2 is 1.53 bits per heavy atom. The first-order valence-corrected chi connectivity index (χ1v) is 7.54. The molecule has 0 N–H and O–H groups in total. The molecule has 2 heteroatoms. The van der Waals surface area contributed by atoms with Gasteiger partial charge in [-0.15, -0.1) is 0 Å². The third-order valence-corrected chi connectivity index (χ3v) is 4.94. The maximum Gasteiger partial charge on any atom is 0.00893 e.